The number of anilines is 3. The molecule has 1 unspecified atom stereocenters. The summed E-state index contributed by atoms with van der Waals surface area (Å²) in [6.45, 7) is 0.339. The molecular formula is C22H26N4O6S. The molecule has 2 amide bonds. The van der Waals surface area contributed by atoms with Gasteiger partial charge < -0.3 is 24.6 Å². The van der Waals surface area contributed by atoms with Crippen LogP contribution in [0.5, 0.6) is 11.5 Å². The highest BCUT2D eigenvalue weighted by atomic mass is 32.2. The number of benzene rings is 2. The average Bonchev–Trinajstić information content (AvgIpc) is 3.39. The second kappa shape index (κ2) is 8.56. The van der Waals surface area contributed by atoms with E-state index in [0.717, 1.165) is 4.31 Å². The second-order valence-electron chi connectivity index (χ2n) is 8.29. The van der Waals surface area contributed by atoms with E-state index in [2.05, 4.69) is 5.32 Å². The van der Waals surface area contributed by atoms with Crippen LogP contribution < -0.4 is 24.6 Å². The monoisotopic (exact) mass is 474 g/mol. The standard InChI is InChI=1S/C22H26N4O6S/c1-24(2)18-7-6-16(33(29,30)25(3)4)11-17(18)23-22(28)14-9-21(27)26(12-14)15-5-8-19-20(10-15)32-13-31-19/h5-8,10-11,14H,9,12-13H2,1-4H3,(H,23,28). The Labute approximate surface area is 192 Å². The molecule has 33 heavy (non-hydrogen) atoms. The van der Waals surface area contributed by atoms with E-state index >= 15 is 0 Å². The zero-order valence-corrected chi connectivity index (χ0v) is 19.7. The van der Waals surface area contributed by atoms with Crippen LogP contribution in [0.3, 0.4) is 0 Å². The molecule has 176 valence electrons. The summed E-state index contributed by atoms with van der Waals surface area (Å²) in [6, 6.07) is 9.80. The minimum absolute atomic E-state index is 0.0489. The van der Waals surface area contributed by atoms with Crippen molar-refractivity contribution in [3.05, 3.63) is 36.4 Å². The molecule has 0 bridgehead atoms. The first-order chi connectivity index (χ1) is 15.6. The summed E-state index contributed by atoms with van der Waals surface area (Å²) in [5.41, 5.74) is 1.65. The van der Waals surface area contributed by atoms with E-state index in [1.165, 1.54) is 26.2 Å². The fourth-order valence-electron chi connectivity index (χ4n) is 3.80. The van der Waals surface area contributed by atoms with Gasteiger partial charge in [-0.2, -0.15) is 0 Å². The number of sulfonamides is 1. The van der Waals surface area contributed by atoms with Crippen molar-refractivity contribution in [3.8, 4) is 11.5 Å². The molecule has 0 radical (unpaired) electrons. The summed E-state index contributed by atoms with van der Waals surface area (Å²) >= 11 is 0. The molecule has 1 N–H and O–H groups in total. The highest BCUT2D eigenvalue weighted by Crippen LogP contribution is 2.37. The van der Waals surface area contributed by atoms with E-state index < -0.39 is 15.9 Å². The first-order valence-corrected chi connectivity index (χ1v) is 11.8. The van der Waals surface area contributed by atoms with Gasteiger partial charge >= 0.3 is 0 Å². The van der Waals surface area contributed by atoms with E-state index in [1.54, 1.807) is 48.2 Å². The zero-order valence-electron chi connectivity index (χ0n) is 18.9. The summed E-state index contributed by atoms with van der Waals surface area (Å²) in [4.78, 5) is 29.1. The van der Waals surface area contributed by atoms with E-state index in [4.69, 9.17) is 9.47 Å². The number of nitrogens with one attached hydrogen (secondary N) is 1. The van der Waals surface area contributed by atoms with Crippen molar-refractivity contribution in [2.24, 2.45) is 5.92 Å². The molecule has 2 aliphatic heterocycles. The molecule has 0 saturated carbocycles. The third kappa shape index (κ3) is 4.33. The molecular weight excluding hydrogens is 448 g/mol. The number of carbonyl (C=O) groups is 2. The Hall–Kier alpha value is -3.31. The van der Waals surface area contributed by atoms with Gasteiger partial charge in [0.2, 0.25) is 28.6 Å². The number of rotatable bonds is 6. The Morgan fingerprint density at radius 3 is 2.48 bits per heavy atom. The third-order valence-electron chi connectivity index (χ3n) is 5.65. The van der Waals surface area contributed by atoms with Crippen molar-refractivity contribution < 1.29 is 27.5 Å². The van der Waals surface area contributed by atoms with Crippen LogP contribution in [0.1, 0.15) is 6.42 Å². The van der Waals surface area contributed by atoms with Crippen LogP contribution >= 0.6 is 0 Å². The molecule has 1 atom stereocenters. The topological polar surface area (TPSA) is 108 Å². The Morgan fingerprint density at radius 2 is 1.79 bits per heavy atom. The lowest BCUT2D eigenvalue weighted by Gasteiger charge is -2.21. The molecule has 2 aromatic rings. The highest BCUT2D eigenvalue weighted by molar-refractivity contribution is 7.89. The van der Waals surface area contributed by atoms with E-state index in [9.17, 15) is 18.0 Å². The van der Waals surface area contributed by atoms with Crippen molar-refractivity contribution in [2.45, 2.75) is 11.3 Å². The predicted octanol–water partition coefficient (Wildman–Crippen LogP) is 1.72. The smallest absolute Gasteiger partial charge is 0.242 e. The van der Waals surface area contributed by atoms with Gasteiger partial charge in [-0.3, -0.25) is 9.59 Å². The lowest BCUT2D eigenvalue weighted by atomic mass is 10.1. The van der Waals surface area contributed by atoms with Crippen LogP contribution in [-0.2, 0) is 19.6 Å². The van der Waals surface area contributed by atoms with Crippen LogP contribution in [-0.4, -0.2) is 66.1 Å². The summed E-state index contributed by atoms with van der Waals surface area (Å²) in [7, 11) is 2.81. The SMILES string of the molecule is CN(C)c1ccc(S(=O)(=O)N(C)C)cc1NC(=O)C1CC(=O)N(c2ccc3c(c2)OCO3)C1. The molecule has 1 fully saturated rings. The Bertz CT molecular complexity index is 1210. The van der Waals surface area contributed by atoms with Gasteiger partial charge in [0, 0.05) is 52.9 Å². The molecule has 11 heteroatoms. The summed E-state index contributed by atoms with van der Waals surface area (Å²) in [5, 5.41) is 2.83. The van der Waals surface area contributed by atoms with Crippen molar-refractivity contribution >= 4 is 38.9 Å². The molecule has 4 rings (SSSR count). The van der Waals surface area contributed by atoms with Gasteiger partial charge in [0.05, 0.1) is 22.2 Å². The van der Waals surface area contributed by atoms with Crippen molar-refractivity contribution in [3.63, 3.8) is 0 Å². The third-order valence-corrected chi connectivity index (χ3v) is 7.46. The fraction of sp³-hybridized carbons (Fsp3) is 0.364. The van der Waals surface area contributed by atoms with Gasteiger partial charge in [-0.1, -0.05) is 0 Å². The number of ether oxygens (including phenoxy) is 2. The predicted molar refractivity (Wildman–Crippen MR) is 123 cm³/mol. The van der Waals surface area contributed by atoms with Crippen LogP contribution in [0, 0.1) is 5.92 Å². The quantitative estimate of drug-likeness (QED) is 0.679. The lowest BCUT2D eigenvalue weighted by Crippen LogP contribution is -2.29. The number of nitrogens with zero attached hydrogens (tertiary/aromatic N) is 3. The van der Waals surface area contributed by atoms with E-state index in [0.29, 0.717) is 28.6 Å². The number of amides is 2. The zero-order chi connectivity index (χ0) is 23.9. The maximum atomic E-state index is 13.1. The average molecular weight is 475 g/mol. The second-order valence-corrected chi connectivity index (χ2v) is 10.4. The molecule has 2 heterocycles. The molecule has 2 aliphatic rings. The molecule has 2 aromatic carbocycles. The Morgan fingerprint density at radius 1 is 1.06 bits per heavy atom. The normalized spacial score (nSPS) is 17.5. The molecule has 0 aromatic heterocycles. The van der Waals surface area contributed by atoms with Crippen LogP contribution in [0.15, 0.2) is 41.3 Å². The number of fused-ring (bicyclic) bond motifs is 1. The number of hydrogen-bond acceptors (Lipinski definition) is 7. The van der Waals surface area contributed by atoms with Gasteiger partial charge in [0.15, 0.2) is 11.5 Å². The molecule has 0 spiro atoms. The van der Waals surface area contributed by atoms with Crippen LogP contribution in [0.25, 0.3) is 0 Å². The lowest BCUT2D eigenvalue weighted by molar-refractivity contribution is -0.122. The van der Waals surface area contributed by atoms with Gasteiger partial charge in [0.25, 0.3) is 0 Å². The number of carbonyl (C=O) groups excluding carboxylic acids is 2. The fourth-order valence-corrected chi connectivity index (χ4v) is 4.73. The summed E-state index contributed by atoms with van der Waals surface area (Å²) < 4.78 is 36.9. The largest absolute Gasteiger partial charge is 0.454 e. The Balaban J connectivity index is 1.55. The Kier molecular flexibility index (Phi) is 5.93. The first kappa shape index (κ1) is 22.9. The van der Waals surface area contributed by atoms with Crippen LogP contribution in [0.2, 0.25) is 0 Å². The first-order valence-electron chi connectivity index (χ1n) is 10.3. The van der Waals surface area contributed by atoms with Crippen molar-refractivity contribution in [1.82, 2.24) is 4.31 Å². The molecule has 0 aliphatic carbocycles. The highest BCUT2D eigenvalue weighted by Gasteiger charge is 2.36. The number of hydrogen-bond donors (Lipinski definition) is 1. The van der Waals surface area contributed by atoms with Gasteiger partial charge in [-0.25, -0.2) is 12.7 Å². The maximum absolute atomic E-state index is 13.1. The van der Waals surface area contributed by atoms with Gasteiger partial charge in [-0.15, -0.1) is 0 Å². The minimum atomic E-state index is -3.68. The summed E-state index contributed by atoms with van der Waals surface area (Å²) in [6.07, 6.45) is 0.0489. The van der Waals surface area contributed by atoms with Crippen molar-refractivity contribution in [1.29, 1.82) is 0 Å². The summed E-state index contributed by atoms with van der Waals surface area (Å²) in [5.74, 6) is 0.0538. The van der Waals surface area contributed by atoms with Gasteiger partial charge in [-0.05, 0) is 30.3 Å². The molecule has 10 nitrogen and oxygen atoms in total. The van der Waals surface area contributed by atoms with Crippen LogP contribution in [0.4, 0.5) is 17.1 Å². The minimum Gasteiger partial charge on any atom is -0.454 e. The van der Waals surface area contributed by atoms with E-state index in [1.807, 2.05) is 0 Å². The van der Waals surface area contributed by atoms with Crippen molar-refractivity contribution in [2.75, 3.05) is 56.6 Å². The van der Waals surface area contributed by atoms with E-state index in [-0.39, 0.29) is 36.5 Å². The maximum Gasteiger partial charge on any atom is 0.242 e. The molecule has 1 saturated heterocycles. The van der Waals surface area contributed by atoms with Gasteiger partial charge in [0.1, 0.15) is 0 Å².